The fraction of sp³-hybridized carbons (Fsp3) is 0.500. The Labute approximate surface area is 189 Å². The van der Waals surface area contributed by atoms with E-state index in [0.29, 0.717) is 25.0 Å². The number of Topliss-reactive ketones (excluding diaryl/α,β-unsaturated/α-hetero) is 1. The zero-order valence-corrected chi connectivity index (χ0v) is 19.4. The molecule has 3 rings (SSSR count). The van der Waals surface area contributed by atoms with E-state index in [0.717, 1.165) is 37.9 Å². The molecule has 164 valence electrons. The minimum absolute atomic E-state index is 0. The van der Waals surface area contributed by atoms with E-state index in [1.807, 2.05) is 46.6 Å². The van der Waals surface area contributed by atoms with Crippen LogP contribution >= 0.6 is 11.8 Å². The van der Waals surface area contributed by atoms with Crippen LogP contribution in [0.3, 0.4) is 0 Å². The van der Waals surface area contributed by atoms with Gasteiger partial charge in [0.25, 0.3) is 0 Å². The van der Waals surface area contributed by atoms with Crippen LogP contribution in [0.15, 0.2) is 47.9 Å². The lowest BCUT2D eigenvalue weighted by atomic mass is 10.1. The zero-order valence-electron chi connectivity index (χ0n) is 17.8. The van der Waals surface area contributed by atoms with Gasteiger partial charge in [-0.2, -0.15) is 0 Å². The average molecular weight is 451 g/mol. The number of benzene rings is 1. The SMILES string of the molecule is Cn1cc[n+](C)c1SCC(=O)CCCC(=O)N1CCN(Cc2ccccc2)CC1.[Cl-]. The molecule has 8 heteroatoms. The zero-order chi connectivity index (χ0) is 20.6. The van der Waals surface area contributed by atoms with E-state index < -0.39 is 0 Å². The van der Waals surface area contributed by atoms with Gasteiger partial charge in [0.1, 0.15) is 18.2 Å². The van der Waals surface area contributed by atoms with Crippen molar-refractivity contribution < 1.29 is 26.6 Å². The standard InChI is InChI=1S/C22H31N4O2S.ClH/c1-23-11-12-24(2)22(23)29-18-20(27)9-6-10-21(28)26-15-13-25(14-16-26)17-19-7-4-3-5-8-19;/h3-5,7-8,11-12H,6,9-10,13-18H2,1-2H3;1H/q+1;/p-1. The number of halogens is 1. The molecule has 1 aromatic heterocycles. The molecule has 0 radical (unpaired) electrons. The van der Waals surface area contributed by atoms with Crippen molar-refractivity contribution in [2.24, 2.45) is 14.1 Å². The Bertz CT molecular complexity index is 800. The third kappa shape index (κ3) is 7.15. The van der Waals surface area contributed by atoms with Gasteiger partial charge in [-0.15, -0.1) is 0 Å². The van der Waals surface area contributed by atoms with Crippen molar-refractivity contribution >= 4 is 23.5 Å². The minimum atomic E-state index is 0. The van der Waals surface area contributed by atoms with Gasteiger partial charge in [-0.25, -0.2) is 9.13 Å². The van der Waals surface area contributed by atoms with Crippen molar-refractivity contribution in [1.29, 1.82) is 0 Å². The molecule has 1 saturated heterocycles. The van der Waals surface area contributed by atoms with E-state index in [2.05, 4.69) is 29.2 Å². The normalized spacial score (nSPS) is 14.4. The summed E-state index contributed by atoms with van der Waals surface area (Å²) >= 11 is 1.55. The highest BCUT2D eigenvalue weighted by Gasteiger charge is 2.21. The maximum atomic E-state index is 12.5. The summed E-state index contributed by atoms with van der Waals surface area (Å²) in [5, 5.41) is 1.06. The van der Waals surface area contributed by atoms with Gasteiger partial charge in [-0.3, -0.25) is 14.5 Å². The van der Waals surface area contributed by atoms with Crippen LogP contribution in [0.25, 0.3) is 0 Å². The second-order valence-electron chi connectivity index (χ2n) is 7.63. The van der Waals surface area contributed by atoms with Crippen LogP contribution in [0.4, 0.5) is 0 Å². The molecular formula is C22H31ClN4O2S. The highest BCUT2D eigenvalue weighted by atomic mass is 35.5. The maximum Gasteiger partial charge on any atom is 0.317 e. The van der Waals surface area contributed by atoms with E-state index in [1.54, 1.807) is 11.8 Å². The van der Waals surface area contributed by atoms with E-state index in [1.165, 1.54) is 5.56 Å². The molecule has 1 aliphatic rings. The number of amides is 1. The van der Waals surface area contributed by atoms with Crippen LogP contribution in [-0.4, -0.2) is 58.0 Å². The largest absolute Gasteiger partial charge is 1.00 e. The van der Waals surface area contributed by atoms with Crippen molar-refractivity contribution in [3.05, 3.63) is 48.3 Å². The molecule has 1 fully saturated rings. The molecule has 0 saturated carbocycles. The highest BCUT2D eigenvalue weighted by Crippen LogP contribution is 2.15. The molecular weight excluding hydrogens is 420 g/mol. The first-order valence-electron chi connectivity index (χ1n) is 10.2. The van der Waals surface area contributed by atoms with Crippen molar-refractivity contribution in [2.75, 3.05) is 31.9 Å². The van der Waals surface area contributed by atoms with E-state index in [9.17, 15) is 9.59 Å². The third-order valence-electron chi connectivity index (χ3n) is 5.30. The van der Waals surface area contributed by atoms with Crippen molar-refractivity contribution in [1.82, 2.24) is 14.4 Å². The number of imidazole rings is 1. The minimum Gasteiger partial charge on any atom is -1.00 e. The summed E-state index contributed by atoms with van der Waals surface area (Å²) in [6.07, 6.45) is 5.53. The first-order chi connectivity index (χ1) is 14.0. The Morgan fingerprint density at radius 1 is 1.07 bits per heavy atom. The van der Waals surface area contributed by atoms with Crippen LogP contribution < -0.4 is 17.0 Å². The van der Waals surface area contributed by atoms with Gasteiger partial charge in [0, 0.05) is 45.6 Å². The van der Waals surface area contributed by atoms with Crippen molar-refractivity contribution in [3.63, 3.8) is 0 Å². The van der Waals surface area contributed by atoms with Crippen LogP contribution in [0.2, 0.25) is 0 Å². The molecule has 1 aliphatic heterocycles. The van der Waals surface area contributed by atoms with Crippen LogP contribution in [0, 0.1) is 0 Å². The third-order valence-corrected chi connectivity index (χ3v) is 6.60. The Balaban J connectivity index is 0.00000320. The Morgan fingerprint density at radius 3 is 2.40 bits per heavy atom. The van der Waals surface area contributed by atoms with Gasteiger partial charge >= 0.3 is 5.16 Å². The number of nitrogens with zero attached hydrogens (tertiary/aromatic N) is 4. The van der Waals surface area contributed by atoms with Gasteiger partial charge in [0.15, 0.2) is 0 Å². The van der Waals surface area contributed by atoms with Gasteiger partial charge in [0.2, 0.25) is 5.91 Å². The average Bonchev–Trinajstić information content (AvgIpc) is 3.05. The second-order valence-corrected chi connectivity index (χ2v) is 8.57. The number of rotatable bonds is 9. The Kier molecular flexibility index (Phi) is 9.88. The molecule has 0 unspecified atom stereocenters. The highest BCUT2D eigenvalue weighted by molar-refractivity contribution is 7.99. The molecule has 1 aromatic carbocycles. The number of aryl methyl sites for hydroxylation is 2. The smallest absolute Gasteiger partial charge is 0.317 e. The van der Waals surface area contributed by atoms with Gasteiger partial charge in [0.05, 0.1) is 19.8 Å². The molecule has 30 heavy (non-hydrogen) atoms. The van der Waals surface area contributed by atoms with E-state index in [-0.39, 0.29) is 24.1 Å². The summed E-state index contributed by atoms with van der Waals surface area (Å²) in [6.45, 7) is 4.31. The number of thioether (sulfide) groups is 1. The Hall–Kier alpha value is -1.83. The summed E-state index contributed by atoms with van der Waals surface area (Å²) in [4.78, 5) is 29.0. The fourth-order valence-corrected chi connectivity index (χ4v) is 4.55. The number of hydrogen-bond acceptors (Lipinski definition) is 4. The molecule has 0 spiro atoms. The molecule has 1 amide bonds. The lowest BCUT2D eigenvalue weighted by molar-refractivity contribution is -0.709. The van der Waals surface area contributed by atoms with Crippen molar-refractivity contribution in [2.45, 2.75) is 31.0 Å². The molecule has 0 N–H and O–H groups in total. The topological polar surface area (TPSA) is 49.4 Å². The molecule has 0 bridgehead atoms. The number of hydrogen-bond donors (Lipinski definition) is 0. The summed E-state index contributed by atoms with van der Waals surface area (Å²) in [6, 6.07) is 10.4. The number of carbonyl (C=O) groups excluding carboxylic acids is 2. The van der Waals surface area contributed by atoms with Crippen LogP contribution in [0.1, 0.15) is 24.8 Å². The summed E-state index contributed by atoms with van der Waals surface area (Å²) in [5.41, 5.74) is 1.31. The second kappa shape index (κ2) is 12.1. The lowest BCUT2D eigenvalue weighted by Gasteiger charge is -2.34. The predicted molar refractivity (Wildman–Crippen MR) is 114 cm³/mol. The Morgan fingerprint density at radius 2 is 1.77 bits per heavy atom. The predicted octanol–water partition coefficient (Wildman–Crippen LogP) is -0.970. The fourth-order valence-electron chi connectivity index (χ4n) is 3.59. The van der Waals surface area contributed by atoms with Crippen LogP contribution in [-0.2, 0) is 30.2 Å². The first-order valence-corrected chi connectivity index (χ1v) is 11.2. The van der Waals surface area contributed by atoms with Crippen molar-refractivity contribution in [3.8, 4) is 0 Å². The number of aromatic nitrogens is 2. The molecule has 0 aliphatic carbocycles. The number of carbonyl (C=O) groups is 2. The van der Waals surface area contributed by atoms with Crippen LogP contribution in [0.5, 0.6) is 0 Å². The van der Waals surface area contributed by atoms with Gasteiger partial charge in [-0.05, 0) is 23.7 Å². The monoisotopic (exact) mass is 450 g/mol. The van der Waals surface area contributed by atoms with Gasteiger partial charge < -0.3 is 17.3 Å². The number of piperazine rings is 1. The van der Waals surface area contributed by atoms with Gasteiger partial charge in [-0.1, -0.05) is 30.3 Å². The number of ketones is 1. The molecule has 0 atom stereocenters. The molecule has 2 heterocycles. The molecule has 6 nitrogen and oxygen atoms in total. The maximum absolute atomic E-state index is 12.5. The van der Waals surface area contributed by atoms with E-state index in [4.69, 9.17) is 0 Å². The quantitative estimate of drug-likeness (QED) is 0.364. The lowest BCUT2D eigenvalue weighted by Crippen LogP contribution is -3.00. The van der Waals surface area contributed by atoms with E-state index >= 15 is 0 Å². The first kappa shape index (κ1) is 24.4. The molecule has 2 aromatic rings. The summed E-state index contributed by atoms with van der Waals surface area (Å²) in [5.74, 6) is 0.841. The summed E-state index contributed by atoms with van der Waals surface area (Å²) < 4.78 is 4.03. The summed E-state index contributed by atoms with van der Waals surface area (Å²) in [7, 11) is 3.95.